The summed E-state index contributed by atoms with van der Waals surface area (Å²) in [4.78, 5) is 2.57. The predicted molar refractivity (Wildman–Crippen MR) is 129 cm³/mol. The molecular weight excluding hydrogens is 430 g/mol. The molecule has 30 heavy (non-hydrogen) atoms. The van der Waals surface area contributed by atoms with Gasteiger partial charge in [0.2, 0.25) is 0 Å². The van der Waals surface area contributed by atoms with E-state index in [-0.39, 0.29) is 0 Å². The number of rotatable bonds is 1. The number of hydrogen-bond donors (Lipinski definition) is 0. The van der Waals surface area contributed by atoms with Crippen molar-refractivity contribution in [1.29, 1.82) is 0 Å². The number of para-hydroxylation sites is 1. The molecule has 0 aromatic heterocycles. The summed E-state index contributed by atoms with van der Waals surface area (Å²) in [5.41, 5.74) is 14.1. The number of fused-ring (bicyclic) bond motifs is 7. The lowest BCUT2D eigenvalue weighted by molar-refractivity contribution is 0.680. The molecule has 6 rings (SSSR count). The van der Waals surface area contributed by atoms with E-state index in [4.69, 9.17) is 0 Å². The van der Waals surface area contributed by atoms with Crippen LogP contribution < -0.4 is 4.90 Å². The van der Waals surface area contributed by atoms with Gasteiger partial charge in [-0.05, 0) is 124 Å². The van der Waals surface area contributed by atoms with Crippen LogP contribution in [0.15, 0.2) is 53.0 Å². The van der Waals surface area contributed by atoms with Crippen molar-refractivity contribution in [1.82, 2.24) is 0 Å². The van der Waals surface area contributed by atoms with E-state index >= 15 is 0 Å². The lowest BCUT2D eigenvalue weighted by Gasteiger charge is -2.26. The Balaban J connectivity index is 1.62. The van der Waals surface area contributed by atoms with Gasteiger partial charge in [0.15, 0.2) is 0 Å². The molecule has 0 fully saturated rings. The minimum atomic E-state index is 0.981. The van der Waals surface area contributed by atoms with Crippen molar-refractivity contribution in [3.05, 3.63) is 86.4 Å². The number of nitrogens with zero attached hydrogens (tertiary/aromatic N) is 1. The quantitative estimate of drug-likeness (QED) is 0.367. The molecule has 0 atom stereocenters. The largest absolute Gasteiger partial charge is 0.362 e. The summed E-state index contributed by atoms with van der Waals surface area (Å²) in [5, 5.41) is 0. The van der Waals surface area contributed by atoms with Crippen LogP contribution in [0.5, 0.6) is 0 Å². The highest BCUT2D eigenvalue weighted by Gasteiger charge is 2.28. The van der Waals surface area contributed by atoms with Gasteiger partial charge in [-0.25, -0.2) is 0 Å². The molecule has 152 valence electrons. The molecule has 1 nitrogen and oxygen atoms in total. The van der Waals surface area contributed by atoms with Crippen molar-refractivity contribution in [2.45, 2.75) is 64.5 Å². The predicted octanol–water partition coefficient (Wildman–Crippen LogP) is 7.39. The topological polar surface area (TPSA) is 3.24 Å². The molecule has 0 bridgehead atoms. The van der Waals surface area contributed by atoms with Gasteiger partial charge in [-0.15, -0.1) is 0 Å². The Morgan fingerprint density at radius 1 is 0.567 bits per heavy atom. The lowest BCUT2D eigenvalue weighted by atomic mass is 9.78. The van der Waals surface area contributed by atoms with Gasteiger partial charge in [-0.2, -0.15) is 0 Å². The van der Waals surface area contributed by atoms with Gasteiger partial charge in [0.1, 0.15) is 0 Å². The highest BCUT2D eigenvalue weighted by molar-refractivity contribution is 9.10. The SMILES string of the molecule is Brc1ccccc1N1Cc2ccc3c(c2-c2c(ccc4c2CCCC4)C1)CCCC3. The molecular formula is C28H28BrN. The van der Waals surface area contributed by atoms with Crippen molar-refractivity contribution in [2.75, 3.05) is 4.90 Å². The number of aryl methyl sites for hydroxylation is 2. The van der Waals surface area contributed by atoms with E-state index in [0.29, 0.717) is 0 Å². The summed E-state index contributed by atoms with van der Waals surface area (Å²) in [6, 6.07) is 18.5. The van der Waals surface area contributed by atoms with Crippen molar-refractivity contribution in [3.8, 4) is 11.1 Å². The van der Waals surface area contributed by atoms with Gasteiger partial charge >= 0.3 is 0 Å². The van der Waals surface area contributed by atoms with Crippen molar-refractivity contribution < 1.29 is 0 Å². The molecule has 3 aromatic carbocycles. The van der Waals surface area contributed by atoms with E-state index in [2.05, 4.69) is 69.4 Å². The van der Waals surface area contributed by atoms with Crippen LogP contribution in [0.1, 0.15) is 59.1 Å². The Labute approximate surface area is 188 Å². The summed E-state index contributed by atoms with van der Waals surface area (Å²) in [5.74, 6) is 0. The summed E-state index contributed by atoms with van der Waals surface area (Å²) in [7, 11) is 0. The Hall–Kier alpha value is -2.06. The number of anilines is 1. The maximum Gasteiger partial charge on any atom is 0.0516 e. The van der Waals surface area contributed by atoms with Gasteiger partial charge < -0.3 is 4.90 Å². The molecule has 0 amide bonds. The van der Waals surface area contributed by atoms with E-state index in [1.165, 1.54) is 72.7 Å². The lowest BCUT2D eigenvalue weighted by Crippen LogP contribution is -2.21. The zero-order valence-corrected chi connectivity index (χ0v) is 19.1. The Bertz CT molecular complexity index is 1060. The minimum Gasteiger partial charge on any atom is -0.362 e. The molecule has 0 N–H and O–H groups in total. The van der Waals surface area contributed by atoms with E-state index in [9.17, 15) is 0 Å². The van der Waals surface area contributed by atoms with Crippen molar-refractivity contribution in [2.24, 2.45) is 0 Å². The Morgan fingerprint density at radius 3 is 1.63 bits per heavy atom. The fraction of sp³-hybridized carbons (Fsp3) is 0.357. The van der Waals surface area contributed by atoms with Gasteiger partial charge in [0, 0.05) is 17.6 Å². The van der Waals surface area contributed by atoms with Crippen LogP contribution in [0, 0.1) is 0 Å². The van der Waals surface area contributed by atoms with Crippen LogP contribution in [0.3, 0.4) is 0 Å². The van der Waals surface area contributed by atoms with Gasteiger partial charge in [-0.1, -0.05) is 36.4 Å². The smallest absolute Gasteiger partial charge is 0.0516 e. The standard InChI is InChI=1S/C28H28BrN/c29-25-11-5-6-12-26(25)30-17-21-15-13-19-7-1-3-9-23(19)27(21)28-22(18-30)16-14-20-8-2-4-10-24(20)28/h5-6,11-16H,1-4,7-10,17-18H2. The van der Waals surface area contributed by atoms with Crippen LogP contribution in [0.25, 0.3) is 11.1 Å². The first-order chi connectivity index (χ1) is 14.8. The fourth-order valence-electron chi connectivity index (χ4n) is 5.99. The third-order valence-electron chi connectivity index (χ3n) is 7.40. The second kappa shape index (κ2) is 7.57. The van der Waals surface area contributed by atoms with E-state index in [1.54, 1.807) is 33.4 Å². The molecule has 1 aliphatic heterocycles. The van der Waals surface area contributed by atoms with Crippen LogP contribution in [0.4, 0.5) is 5.69 Å². The highest BCUT2D eigenvalue weighted by atomic mass is 79.9. The molecule has 0 unspecified atom stereocenters. The van der Waals surface area contributed by atoms with E-state index < -0.39 is 0 Å². The summed E-state index contributed by atoms with van der Waals surface area (Å²) in [6.45, 7) is 1.96. The number of halogens is 1. The Kier molecular flexibility index (Phi) is 4.71. The van der Waals surface area contributed by atoms with Gasteiger partial charge in [-0.3, -0.25) is 0 Å². The van der Waals surface area contributed by atoms with E-state index in [1.807, 2.05) is 0 Å². The second-order valence-electron chi connectivity index (χ2n) is 9.20. The van der Waals surface area contributed by atoms with Gasteiger partial charge in [0.05, 0.1) is 5.69 Å². The van der Waals surface area contributed by atoms with E-state index in [0.717, 1.165) is 13.1 Å². The summed E-state index contributed by atoms with van der Waals surface area (Å²) >= 11 is 3.82. The molecule has 0 saturated carbocycles. The second-order valence-corrected chi connectivity index (χ2v) is 10.1. The molecule has 2 aliphatic carbocycles. The first-order valence-corrected chi connectivity index (χ1v) is 12.4. The average Bonchev–Trinajstić information content (AvgIpc) is 2.96. The zero-order chi connectivity index (χ0) is 20.1. The van der Waals surface area contributed by atoms with Gasteiger partial charge in [0.25, 0.3) is 0 Å². The normalized spacial score (nSPS) is 17.4. The zero-order valence-electron chi connectivity index (χ0n) is 17.5. The molecule has 3 aromatic rings. The molecule has 0 saturated heterocycles. The third kappa shape index (κ3) is 3.03. The summed E-state index contributed by atoms with van der Waals surface area (Å²) < 4.78 is 1.19. The molecule has 3 aliphatic rings. The molecule has 0 spiro atoms. The summed E-state index contributed by atoms with van der Waals surface area (Å²) in [6.07, 6.45) is 10.3. The molecule has 1 heterocycles. The molecule has 0 radical (unpaired) electrons. The molecule has 2 heteroatoms. The monoisotopic (exact) mass is 457 g/mol. The first-order valence-electron chi connectivity index (χ1n) is 11.6. The number of benzene rings is 3. The van der Waals surface area contributed by atoms with Crippen molar-refractivity contribution in [3.63, 3.8) is 0 Å². The number of hydrogen-bond acceptors (Lipinski definition) is 1. The first kappa shape index (κ1) is 18.7. The maximum atomic E-state index is 3.82. The van der Waals surface area contributed by atoms with Crippen LogP contribution >= 0.6 is 15.9 Å². The van der Waals surface area contributed by atoms with Crippen LogP contribution in [-0.2, 0) is 38.8 Å². The fourth-order valence-corrected chi connectivity index (χ4v) is 6.52. The maximum absolute atomic E-state index is 3.82. The van der Waals surface area contributed by atoms with Crippen molar-refractivity contribution >= 4 is 21.6 Å². The van der Waals surface area contributed by atoms with Crippen LogP contribution in [0.2, 0.25) is 0 Å². The highest BCUT2D eigenvalue weighted by Crippen LogP contribution is 2.44. The average molecular weight is 458 g/mol. The minimum absolute atomic E-state index is 0.981. The Morgan fingerprint density at radius 2 is 1.07 bits per heavy atom. The van der Waals surface area contributed by atoms with Crippen LogP contribution in [-0.4, -0.2) is 0 Å². The third-order valence-corrected chi connectivity index (χ3v) is 8.07.